The first-order valence-corrected chi connectivity index (χ1v) is 13.0. The molecule has 5 rings (SSSR count). The van der Waals surface area contributed by atoms with Gasteiger partial charge in [-0.1, -0.05) is 42.0 Å². The van der Waals surface area contributed by atoms with E-state index in [2.05, 4.69) is 20.7 Å². The van der Waals surface area contributed by atoms with E-state index < -0.39 is 29.7 Å². The zero-order chi connectivity index (χ0) is 28.3. The lowest BCUT2D eigenvalue weighted by Crippen LogP contribution is -2.50. The fraction of sp³-hybridized carbons (Fsp3) is 0.267. The van der Waals surface area contributed by atoms with Crippen LogP contribution in [0.5, 0.6) is 0 Å². The van der Waals surface area contributed by atoms with E-state index in [9.17, 15) is 19.2 Å². The Bertz CT molecular complexity index is 1440. The maximum atomic E-state index is 13.9. The Balaban J connectivity index is 1.36. The van der Waals surface area contributed by atoms with Crippen molar-refractivity contribution in [3.63, 3.8) is 0 Å². The monoisotopic (exact) mass is 542 g/mol. The molecule has 0 aromatic heterocycles. The number of hydrogen-bond donors (Lipinski definition) is 3. The summed E-state index contributed by atoms with van der Waals surface area (Å²) in [6.07, 6.45) is -0.437. The van der Waals surface area contributed by atoms with Crippen LogP contribution in [-0.4, -0.2) is 55.1 Å². The van der Waals surface area contributed by atoms with E-state index >= 15 is 0 Å². The van der Waals surface area contributed by atoms with Gasteiger partial charge in [-0.25, -0.2) is 9.59 Å². The first-order chi connectivity index (χ1) is 19.3. The summed E-state index contributed by atoms with van der Waals surface area (Å²) in [5, 5.41) is 8.18. The third-order valence-corrected chi connectivity index (χ3v) is 7.20. The molecule has 3 aromatic rings. The lowest BCUT2D eigenvalue weighted by Gasteiger charge is -2.36. The fourth-order valence-electron chi connectivity index (χ4n) is 5.17. The average molecular weight is 543 g/mol. The Kier molecular flexibility index (Phi) is 7.41. The molecule has 0 saturated carbocycles. The number of rotatable bonds is 6. The minimum atomic E-state index is -0.955. The standard InChI is InChI=1S/C30H30N4O6/c1-19-8-13-24-23(16-19)30(40-29(38)33-24)14-15-34(18-30)27(36)25(17-20-6-4-3-5-7-20)32-26(35)21-9-11-22(12-10-21)31-28(37)39-2/h3-13,16,25H,14-15,17-18H2,1-2H3,(H,31,37)(H,32,35)(H,33,38)/t25-,30-/m0/s1. The molecule has 40 heavy (non-hydrogen) atoms. The van der Waals surface area contributed by atoms with Gasteiger partial charge in [0.25, 0.3) is 5.91 Å². The summed E-state index contributed by atoms with van der Waals surface area (Å²) in [6, 6.07) is 20.6. The Hall–Kier alpha value is -4.86. The van der Waals surface area contributed by atoms with Crippen molar-refractivity contribution in [1.29, 1.82) is 0 Å². The predicted octanol–water partition coefficient (Wildman–Crippen LogP) is 4.20. The van der Waals surface area contributed by atoms with Crippen LogP contribution in [0.15, 0.2) is 72.8 Å². The Morgan fingerprint density at radius 3 is 2.55 bits per heavy atom. The molecule has 3 aromatic carbocycles. The lowest BCUT2D eigenvalue weighted by molar-refractivity contribution is -0.133. The number of aryl methyl sites for hydroxylation is 1. The number of fused-ring (bicyclic) bond motifs is 2. The van der Waals surface area contributed by atoms with Crippen LogP contribution in [0.1, 0.15) is 33.5 Å². The number of carbonyl (C=O) groups excluding carboxylic acids is 4. The van der Waals surface area contributed by atoms with Gasteiger partial charge in [-0.2, -0.15) is 0 Å². The highest BCUT2D eigenvalue weighted by atomic mass is 16.6. The molecule has 1 fully saturated rings. The lowest BCUT2D eigenvalue weighted by atomic mass is 9.89. The van der Waals surface area contributed by atoms with Gasteiger partial charge >= 0.3 is 12.2 Å². The SMILES string of the molecule is COC(=O)Nc1ccc(C(=O)N[C@@H](Cc2ccccc2)C(=O)N2CC[C@@]3(C2)OC(=O)Nc2ccc(C)cc23)cc1. The molecule has 0 bridgehead atoms. The van der Waals surface area contributed by atoms with E-state index in [0.717, 1.165) is 16.7 Å². The first-order valence-electron chi connectivity index (χ1n) is 13.0. The third kappa shape index (κ3) is 5.61. The molecular formula is C30H30N4O6. The maximum absolute atomic E-state index is 13.9. The fourth-order valence-corrected chi connectivity index (χ4v) is 5.17. The Morgan fingerprint density at radius 2 is 1.82 bits per heavy atom. The highest BCUT2D eigenvalue weighted by Crippen LogP contribution is 2.43. The van der Waals surface area contributed by atoms with E-state index in [4.69, 9.17) is 4.74 Å². The number of nitrogens with one attached hydrogen (secondary N) is 3. The predicted molar refractivity (Wildman–Crippen MR) is 148 cm³/mol. The quantitative estimate of drug-likeness (QED) is 0.429. The summed E-state index contributed by atoms with van der Waals surface area (Å²) >= 11 is 0. The maximum Gasteiger partial charge on any atom is 0.412 e. The summed E-state index contributed by atoms with van der Waals surface area (Å²) < 4.78 is 10.4. The van der Waals surface area contributed by atoms with Crippen LogP contribution in [0.3, 0.4) is 0 Å². The van der Waals surface area contributed by atoms with Crippen molar-refractivity contribution in [3.8, 4) is 0 Å². The van der Waals surface area contributed by atoms with Crippen molar-refractivity contribution in [3.05, 3.63) is 95.1 Å². The summed E-state index contributed by atoms with van der Waals surface area (Å²) in [6.45, 7) is 2.52. The number of carbonyl (C=O) groups is 4. The molecule has 10 nitrogen and oxygen atoms in total. The van der Waals surface area contributed by atoms with Crippen LogP contribution in [0.25, 0.3) is 0 Å². The van der Waals surface area contributed by atoms with E-state index in [1.807, 2.05) is 55.5 Å². The average Bonchev–Trinajstić information content (AvgIpc) is 3.37. The molecule has 3 N–H and O–H groups in total. The zero-order valence-corrected chi connectivity index (χ0v) is 22.2. The smallest absolute Gasteiger partial charge is 0.412 e. The molecular weight excluding hydrogens is 512 g/mol. The van der Waals surface area contributed by atoms with Crippen molar-refractivity contribution in [2.45, 2.75) is 31.4 Å². The second-order valence-electron chi connectivity index (χ2n) is 9.98. The van der Waals surface area contributed by atoms with Crippen molar-refractivity contribution in [2.75, 3.05) is 30.8 Å². The summed E-state index contributed by atoms with van der Waals surface area (Å²) in [5.41, 5.74) is 3.27. The van der Waals surface area contributed by atoms with Gasteiger partial charge < -0.3 is 19.7 Å². The molecule has 2 atom stereocenters. The molecule has 0 aliphatic carbocycles. The second kappa shape index (κ2) is 11.1. The molecule has 1 spiro atoms. The number of anilines is 2. The number of benzene rings is 3. The largest absolute Gasteiger partial charge is 0.453 e. The summed E-state index contributed by atoms with van der Waals surface area (Å²) in [7, 11) is 1.26. The number of hydrogen-bond acceptors (Lipinski definition) is 6. The van der Waals surface area contributed by atoms with Crippen LogP contribution in [0, 0.1) is 6.92 Å². The summed E-state index contributed by atoms with van der Waals surface area (Å²) in [5.74, 6) is -0.691. The molecule has 2 heterocycles. The first kappa shape index (κ1) is 26.7. The minimum absolute atomic E-state index is 0.185. The number of likely N-dealkylation sites (tertiary alicyclic amines) is 1. The topological polar surface area (TPSA) is 126 Å². The van der Waals surface area contributed by atoms with Crippen LogP contribution in [0.4, 0.5) is 21.0 Å². The Morgan fingerprint density at radius 1 is 1.07 bits per heavy atom. The number of amides is 4. The Labute approximate surface area is 231 Å². The molecule has 0 radical (unpaired) electrons. The van der Waals surface area contributed by atoms with Crippen molar-refractivity contribution in [1.82, 2.24) is 10.2 Å². The minimum Gasteiger partial charge on any atom is -0.453 e. The summed E-state index contributed by atoms with van der Waals surface area (Å²) in [4.78, 5) is 52.6. The third-order valence-electron chi connectivity index (χ3n) is 7.20. The van der Waals surface area contributed by atoms with Gasteiger partial charge in [0.2, 0.25) is 5.91 Å². The van der Waals surface area contributed by atoms with E-state index in [-0.39, 0.29) is 18.9 Å². The van der Waals surface area contributed by atoms with E-state index in [1.165, 1.54) is 7.11 Å². The van der Waals surface area contributed by atoms with Gasteiger partial charge in [-0.05, 0) is 48.9 Å². The molecule has 2 aliphatic heterocycles. The van der Waals surface area contributed by atoms with Gasteiger partial charge in [-0.3, -0.25) is 20.2 Å². The van der Waals surface area contributed by atoms with Gasteiger partial charge in [0.15, 0.2) is 5.60 Å². The van der Waals surface area contributed by atoms with Crippen LogP contribution in [-0.2, 0) is 26.3 Å². The van der Waals surface area contributed by atoms with E-state index in [1.54, 1.807) is 29.2 Å². The zero-order valence-electron chi connectivity index (χ0n) is 22.2. The van der Waals surface area contributed by atoms with Crippen molar-refractivity contribution >= 4 is 35.4 Å². The van der Waals surface area contributed by atoms with Crippen LogP contribution >= 0.6 is 0 Å². The highest BCUT2D eigenvalue weighted by molar-refractivity contribution is 5.98. The van der Waals surface area contributed by atoms with Crippen molar-refractivity contribution in [2.24, 2.45) is 0 Å². The van der Waals surface area contributed by atoms with Gasteiger partial charge in [0.05, 0.1) is 19.3 Å². The van der Waals surface area contributed by atoms with Crippen molar-refractivity contribution < 1.29 is 28.7 Å². The highest BCUT2D eigenvalue weighted by Gasteiger charge is 2.49. The van der Waals surface area contributed by atoms with E-state index in [0.29, 0.717) is 29.9 Å². The molecule has 4 amide bonds. The molecule has 206 valence electrons. The van der Waals surface area contributed by atoms with Crippen LogP contribution < -0.4 is 16.0 Å². The molecule has 10 heteroatoms. The van der Waals surface area contributed by atoms with Gasteiger partial charge in [0, 0.05) is 36.2 Å². The normalized spacial score (nSPS) is 18.2. The number of nitrogens with zero attached hydrogens (tertiary/aromatic N) is 1. The second-order valence-corrected chi connectivity index (χ2v) is 9.98. The molecule has 0 unspecified atom stereocenters. The molecule has 2 aliphatic rings. The van der Waals surface area contributed by atoms with Gasteiger partial charge in [-0.15, -0.1) is 0 Å². The molecule has 1 saturated heterocycles. The van der Waals surface area contributed by atoms with Gasteiger partial charge in [0.1, 0.15) is 6.04 Å². The number of ether oxygens (including phenoxy) is 2. The van der Waals surface area contributed by atoms with Crippen LogP contribution in [0.2, 0.25) is 0 Å². The number of methoxy groups -OCH3 is 1.